The van der Waals surface area contributed by atoms with Gasteiger partial charge in [0.05, 0.1) is 13.7 Å². The van der Waals surface area contributed by atoms with Crippen molar-refractivity contribution < 1.29 is 39.5 Å². The molecule has 0 saturated carbocycles. The molecule has 238 valence electrons. The van der Waals surface area contributed by atoms with E-state index in [2.05, 4.69) is 0 Å². The predicted molar refractivity (Wildman–Crippen MR) is 180 cm³/mol. The van der Waals surface area contributed by atoms with E-state index in [9.17, 15) is 30.0 Å². The Kier molecular flexibility index (Phi) is 12.8. The van der Waals surface area contributed by atoms with Gasteiger partial charge in [0.25, 0.3) is 0 Å². The molecule has 0 aliphatic carbocycles. The third kappa shape index (κ3) is 9.89. The predicted octanol–water partition coefficient (Wildman–Crippen LogP) is 7.82. The summed E-state index contributed by atoms with van der Waals surface area (Å²) in [6.07, 6.45) is 10.7. The highest BCUT2D eigenvalue weighted by molar-refractivity contribution is 6.07. The molecule has 0 radical (unpaired) electrons. The van der Waals surface area contributed by atoms with Crippen molar-refractivity contribution in [2.75, 3.05) is 13.7 Å². The van der Waals surface area contributed by atoms with Crippen molar-refractivity contribution in [3.8, 4) is 34.5 Å². The molecular formula is C38H38O8. The number of hydrogen-bond donors (Lipinski definition) is 4. The molecule has 0 saturated heterocycles. The van der Waals surface area contributed by atoms with Gasteiger partial charge in [-0.15, -0.1) is 0 Å². The lowest BCUT2D eigenvalue weighted by Crippen LogP contribution is -1.96. The summed E-state index contributed by atoms with van der Waals surface area (Å²) in [6.45, 7) is 6.02. The van der Waals surface area contributed by atoms with Crippen LogP contribution in [-0.2, 0) is 6.42 Å². The summed E-state index contributed by atoms with van der Waals surface area (Å²) in [7, 11) is 1.51. The number of phenolic OH excluding ortho intramolecular Hbond substituents is 4. The first-order chi connectivity index (χ1) is 22.1. The highest BCUT2D eigenvalue weighted by atomic mass is 16.5. The average molecular weight is 623 g/mol. The molecule has 8 nitrogen and oxygen atoms in total. The van der Waals surface area contributed by atoms with E-state index >= 15 is 0 Å². The number of ketones is 2. The molecule has 0 bridgehead atoms. The maximum Gasteiger partial charge on any atom is 0.185 e. The topological polar surface area (TPSA) is 134 Å². The van der Waals surface area contributed by atoms with Gasteiger partial charge in [0.15, 0.2) is 11.6 Å². The molecular weight excluding hydrogens is 584 g/mol. The average Bonchev–Trinajstić information content (AvgIpc) is 3.05. The number of aryl methyl sites for hydroxylation is 1. The molecule has 0 unspecified atom stereocenters. The fourth-order valence-electron chi connectivity index (χ4n) is 4.23. The van der Waals surface area contributed by atoms with Crippen LogP contribution < -0.4 is 9.47 Å². The normalized spacial score (nSPS) is 11.0. The molecule has 4 rings (SSSR count). The molecule has 0 aromatic heterocycles. The fraction of sp³-hybridized carbons (Fsp3) is 0.158. The van der Waals surface area contributed by atoms with Crippen LogP contribution in [-0.4, -0.2) is 45.7 Å². The fourth-order valence-corrected chi connectivity index (χ4v) is 4.23. The monoisotopic (exact) mass is 622 g/mol. The highest BCUT2D eigenvalue weighted by Gasteiger charge is 2.10. The third-order valence-electron chi connectivity index (χ3n) is 6.76. The van der Waals surface area contributed by atoms with Crippen LogP contribution in [0.15, 0.2) is 97.1 Å². The van der Waals surface area contributed by atoms with Gasteiger partial charge < -0.3 is 29.9 Å². The molecule has 0 spiro atoms. The van der Waals surface area contributed by atoms with Crippen LogP contribution in [0.3, 0.4) is 0 Å². The number of aromatic hydroxyl groups is 4. The van der Waals surface area contributed by atoms with Crippen molar-refractivity contribution in [3.05, 3.63) is 130 Å². The number of methoxy groups -OCH3 is 1. The zero-order valence-electron chi connectivity index (χ0n) is 26.2. The minimum atomic E-state index is -0.180. The van der Waals surface area contributed by atoms with Crippen LogP contribution in [0.1, 0.15) is 56.8 Å². The van der Waals surface area contributed by atoms with Crippen LogP contribution in [0.2, 0.25) is 0 Å². The van der Waals surface area contributed by atoms with Crippen molar-refractivity contribution in [1.82, 2.24) is 0 Å². The van der Waals surface area contributed by atoms with E-state index in [1.54, 1.807) is 67.6 Å². The number of benzene rings is 4. The largest absolute Gasteiger partial charge is 0.508 e. The second-order valence-electron chi connectivity index (χ2n) is 10.1. The van der Waals surface area contributed by atoms with Crippen molar-refractivity contribution in [2.24, 2.45) is 0 Å². The number of hydrogen-bond acceptors (Lipinski definition) is 8. The summed E-state index contributed by atoms with van der Waals surface area (Å²) >= 11 is 0. The molecule has 4 N–H and O–H groups in total. The Labute approximate surface area is 268 Å². The first-order valence-corrected chi connectivity index (χ1v) is 14.6. The Morgan fingerprint density at radius 3 is 1.70 bits per heavy atom. The maximum atomic E-state index is 12.2. The minimum Gasteiger partial charge on any atom is -0.508 e. The van der Waals surface area contributed by atoms with E-state index < -0.39 is 0 Å². The summed E-state index contributed by atoms with van der Waals surface area (Å²) < 4.78 is 10.7. The number of phenols is 4. The van der Waals surface area contributed by atoms with E-state index in [-0.39, 0.29) is 34.6 Å². The number of allylic oxidation sites excluding steroid dienone is 4. The smallest absolute Gasteiger partial charge is 0.185 e. The van der Waals surface area contributed by atoms with Gasteiger partial charge in [-0.05, 0) is 123 Å². The molecule has 0 amide bonds. The zero-order valence-corrected chi connectivity index (χ0v) is 26.2. The summed E-state index contributed by atoms with van der Waals surface area (Å²) in [5.41, 5.74) is 3.87. The second-order valence-corrected chi connectivity index (χ2v) is 10.1. The molecule has 4 aromatic rings. The van der Waals surface area contributed by atoms with E-state index in [0.717, 1.165) is 11.1 Å². The number of carbonyl (C=O) groups excluding carboxylic acids is 2. The molecule has 0 aliphatic rings. The summed E-state index contributed by atoms with van der Waals surface area (Å²) in [4.78, 5) is 24.3. The van der Waals surface area contributed by atoms with E-state index in [4.69, 9.17) is 9.47 Å². The van der Waals surface area contributed by atoms with Gasteiger partial charge >= 0.3 is 0 Å². The van der Waals surface area contributed by atoms with E-state index in [1.165, 1.54) is 43.5 Å². The van der Waals surface area contributed by atoms with Gasteiger partial charge in [0.2, 0.25) is 0 Å². The molecule has 4 aromatic carbocycles. The lowest BCUT2D eigenvalue weighted by molar-refractivity contribution is 0.103. The molecule has 0 aliphatic heterocycles. The van der Waals surface area contributed by atoms with Crippen molar-refractivity contribution in [2.45, 2.75) is 27.2 Å². The van der Waals surface area contributed by atoms with Gasteiger partial charge in [-0.2, -0.15) is 0 Å². The minimum absolute atomic E-state index is 0.115. The Hall–Kier alpha value is -5.76. The van der Waals surface area contributed by atoms with Gasteiger partial charge in [-0.25, -0.2) is 0 Å². The van der Waals surface area contributed by atoms with Gasteiger partial charge in [-0.1, -0.05) is 12.2 Å². The first kappa shape index (κ1) is 34.7. The van der Waals surface area contributed by atoms with Crippen molar-refractivity contribution >= 4 is 23.7 Å². The Morgan fingerprint density at radius 1 is 0.717 bits per heavy atom. The molecule has 0 heterocycles. The lowest BCUT2D eigenvalue weighted by Gasteiger charge is -2.09. The van der Waals surface area contributed by atoms with Crippen LogP contribution in [0.5, 0.6) is 34.5 Å². The van der Waals surface area contributed by atoms with Crippen molar-refractivity contribution in [3.63, 3.8) is 0 Å². The molecule has 8 heteroatoms. The van der Waals surface area contributed by atoms with Crippen LogP contribution >= 0.6 is 0 Å². The van der Waals surface area contributed by atoms with Crippen LogP contribution in [0, 0.1) is 6.92 Å². The van der Waals surface area contributed by atoms with Crippen LogP contribution in [0.4, 0.5) is 0 Å². The van der Waals surface area contributed by atoms with E-state index in [0.29, 0.717) is 46.8 Å². The maximum absolute atomic E-state index is 12.2. The second kappa shape index (κ2) is 16.9. The first-order valence-electron chi connectivity index (χ1n) is 14.6. The summed E-state index contributed by atoms with van der Waals surface area (Å²) in [6, 6.07) is 18.8. The lowest BCUT2D eigenvalue weighted by atomic mass is 10.0. The van der Waals surface area contributed by atoms with Crippen molar-refractivity contribution in [1.29, 1.82) is 0 Å². The zero-order chi connectivity index (χ0) is 33.6. The SMILES string of the molecule is C/C=C/Cc1cc(/C=C/C(=O)c2ccc(O)cc2)c(OC)cc1O.CCOc1cc(O)c(C)cc1/C=C/C(=O)c1ccc(O)cc1. The number of rotatable bonds is 11. The quantitative estimate of drug-likeness (QED) is 0.0756. The van der Waals surface area contributed by atoms with Crippen LogP contribution in [0.25, 0.3) is 12.2 Å². The Morgan fingerprint density at radius 2 is 1.22 bits per heavy atom. The number of carbonyl (C=O) groups is 2. The third-order valence-corrected chi connectivity index (χ3v) is 6.76. The van der Waals surface area contributed by atoms with Gasteiger partial charge in [0, 0.05) is 34.4 Å². The summed E-state index contributed by atoms with van der Waals surface area (Å²) in [5, 5.41) is 38.3. The molecule has 46 heavy (non-hydrogen) atoms. The standard InChI is InChI=1S/C20H20O4.C18H18O4/c1-3-4-5-15-12-16(20(24-2)13-19(15)23)8-11-18(22)14-6-9-17(21)10-7-14;1-3-22-18-11-17(21)12(2)10-14(18)6-9-16(20)13-4-7-15(19)8-5-13/h3-4,6-13,21,23H,5H2,1-2H3;4-11,19,21H,3H2,1-2H3/b4-3+,11-8+;9-6+. The number of ether oxygens (including phenoxy) is 2. The molecule has 0 fully saturated rings. The summed E-state index contributed by atoms with van der Waals surface area (Å²) in [5.74, 6) is 1.22. The highest BCUT2D eigenvalue weighted by Crippen LogP contribution is 2.31. The van der Waals surface area contributed by atoms with E-state index in [1.807, 2.05) is 26.0 Å². The Balaban J connectivity index is 0.000000251. The molecule has 0 atom stereocenters. The van der Waals surface area contributed by atoms with Gasteiger partial charge in [-0.3, -0.25) is 9.59 Å². The Bertz CT molecular complexity index is 1730. The van der Waals surface area contributed by atoms with Gasteiger partial charge in [0.1, 0.15) is 34.5 Å².